The summed E-state index contributed by atoms with van der Waals surface area (Å²) in [6.45, 7) is 4.19. The Morgan fingerprint density at radius 2 is 2.15 bits per heavy atom. The third kappa shape index (κ3) is 3.81. The second kappa shape index (κ2) is 7.50. The number of hydrogen-bond acceptors (Lipinski definition) is 4. The minimum atomic E-state index is 0.0267. The summed E-state index contributed by atoms with van der Waals surface area (Å²) >= 11 is 0. The first kappa shape index (κ1) is 18.3. The molecule has 3 aliphatic rings. The van der Waals surface area contributed by atoms with E-state index in [-0.39, 0.29) is 23.1 Å². The van der Waals surface area contributed by atoms with Crippen molar-refractivity contribution >= 4 is 11.8 Å². The second-order valence-electron chi connectivity index (χ2n) is 8.16. The highest BCUT2D eigenvalue weighted by molar-refractivity contribution is 5.81. The molecule has 3 fully saturated rings. The molecule has 146 valence electrons. The van der Waals surface area contributed by atoms with E-state index in [9.17, 15) is 9.59 Å². The lowest BCUT2D eigenvalue weighted by molar-refractivity contribution is -0.137. The topological polar surface area (TPSA) is 59.1 Å². The molecule has 6 nitrogen and oxygen atoms in total. The summed E-state index contributed by atoms with van der Waals surface area (Å²) in [5.41, 5.74) is 1.12. The highest BCUT2D eigenvalue weighted by Gasteiger charge is 2.45. The number of amides is 2. The molecular weight excluding hydrogens is 344 g/mol. The zero-order valence-corrected chi connectivity index (χ0v) is 16.0. The Balaban J connectivity index is 1.35. The first-order valence-electron chi connectivity index (χ1n) is 9.86. The van der Waals surface area contributed by atoms with Gasteiger partial charge in [0.15, 0.2) is 0 Å². The van der Waals surface area contributed by atoms with Crippen LogP contribution in [0.15, 0.2) is 24.3 Å². The molecule has 1 atom stereocenters. The summed E-state index contributed by atoms with van der Waals surface area (Å²) in [5.74, 6) is 1.31. The van der Waals surface area contributed by atoms with Gasteiger partial charge in [0.25, 0.3) is 0 Å². The molecule has 3 aliphatic heterocycles. The number of benzene rings is 1. The van der Waals surface area contributed by atoms with Gasteiger partial charge in [-0.3, -0.25) is 9.59 Å². The molecule has 1 aromatic rings. The van der Waals surface area contributed by atoms with Crippen LogP contribution in [0.1, 0.15) is 31.2 Å². The fraction of sp³-hybridized carbons (Fsp3) is 0.619. The van der Waals surface area contributed by atoms with E-state index in [2.05, 4.69) is 0 Å². The number of likely N-dealkylation sites (tertiary alicyclic amines) is 2. The van der Waals surface area contributed by atoms with Crippen molar-refractivity contribution in [3.05, 3.63) is 29.8 Å². The molecule has 1 aromatic carbocycles. The van der Waals surface area contributed by atoms with Crippen LogP contribution in [0.25, 0.3) is 0 Å². The Morgan fingerprint density at radius 3 is 2.85 bits per heavy atom. The SMILES string of the molecule is COc1cccc(CN2CC3(CCN(C(=O)[C@@H]4CCOC4)CC3)CC2=O)c1. The summed E-state index contributed by atoms with van der Waals surface area (Å²) in [4.78, 5) is 29.2. The van der Waals surface area contributed by atoms with Crippen molar-refractivity contribution in [1.29, 1.82) is 0 Å². The van der Waals surface area contributed by atoms with Gasteiger partial charge in [-0.2, -0.15) is 0 Å². The molecule has 3 heterocycles. The molecule has 2 amide bonds. The van der Waals surface area contributed by atoms with Crippen LogP contribution in [0, 0.1) is 11.3 Å². The lowest BCUT2D eigenvalue weighted by atomic mass is 9.77. The minimum absolute atomic E-state index is 0.0267. The maximum Gasteiger partial charge on any atom is 0.228 e. The summed E-state index contributed by atoms with van der Waals surface area (Å²) < 4.78 is 10.6. The van der Waals surface area contributed by atoms with Gasteiger partial charge < -0.3 is 19.3 Å². The van der Waals surface area contributed by atoms with Gasteiger partial charge in [-0.25, -0.2) is 0 Å². The Kier molecular flexibility index (Phi) is 5.08. The summed E-state index contributed by atoms with van der Waals surface area (Å²) in [6, 6.07) is 7.90. The maximum atomic E-state index is 12.6. The average molecular weight is 372 g/mol. The standard InChI is InChI=1S/C21H28N2O4/c1-26-18-4-2-3-16(11-18)13-23-15-21(12-19(23)24)6-8-22(9-7-21)20(25)17-5-10-27-14-17/h2-4,11,17H,5-10,12-15H2,1H3/t17-/m1/s1. The number of rotatable bonds is 4. The number of hydrogen-bond donors (Lipinski definition) is 0. The quantitative estimate of drug-likeness (QED) is 0.812. The largest absolute Gasteiger partial charge is 0.497 e. The maximum absolute atomic E-state index is 12.6. The number of carbonyl (C=O) groups is 2. The average Bonchev–Trinajstić information content (AvgIpc) is 3.31. The van der Waals surface area contributed by atoms with E-state index >= 15 is 0 Å². The third-order valence-corrected chi connectivity index (χ3v) is 6.33. The van der Waals surface area contributed by atoms with Crippen LogP contribution >= 0.6 is 0 Å². The highest BCUT2D eigenvalue weighted by atomic mass is 16.5. The summed E-state index contributed by atoms with van der Waals surface area (Å²) in [7, 11) is 1.65. The van der Waals surface area contributed by atoms with Crippen molar-refractivity contribution in [2.75, 3.05) is 40.0 Å². The molecule has 0 unspecified atom stereocenters. The van der Waals surface area contributed by atoms with E-state index in [4.69, 9.17) is 9.47 Å². The van der Waals surface area contributed by atoms with Crippen LogP contribution in [0.2, 0.25) is 0 Å². The first-order chi connectivity index (χ1) is 13.1. The number of methoxy groups -OCH3 is 1. The number of nitrogens with zero attached hydrogens (tertiary/aromatic N) is 2. The van der Waals surface area contributed by atoms with Crippen molar-refractivity contribution in [1.82, 2.24) is 9.80 Å². The molecule has 0 aromatic heterocycles. The van der Waals surface area contributed by atoms with E-state index in [1.807, 2.05) is 34.1 Å². The third-order valence-electron chi connectivity index (χ3n) is 6.33. The van der Waals surface area contributed by atoms with Gasteiger partial charge in [-0.1, -0.05) is 12.1 Å². The molecule has 6 heteroatoms. The second-order valence-corrected chi connectivity index (χ2v) is 8.16. The smallest absolute Gasteiger partial charge is 0.228 e. The lowest BCUT2D eigenvalue weighted by Crippen LogP contribution is -2.46. The molecular formula is C21H28N2O4. The van der Waals surface area contributed by atoms with Gasteiger partial charge in [0, 0.05) is 44.6 Å². The molecule has 1 spiro atoms. The van der Waals surface area contributed by atoms with E-state index in [1.54, 1.807) is 7.11 Å². The van der Waals surface area contributed by atoms with Crippen molar-refractivity contribution in [2.45, 2.75) is 32.2 Å². The van der Waals surface area contributed by atoms with Crippen LogP contribution in [0.5, 0.6) is 5.75 Å². The van der Waals surface area contributed by atoms with Gasteiger partial charge in [0.1, 0.15) is 5.75 Å². The lowest BCUT2D eigenvalue weighted by Gasteiger charge is -2.39. The van der Waals surface area contributed by atoms with Crippen molar-refractivity contribution < 1.29 is 19.1 Å². The van der Waals surface area contributed by atoms with E-state index in [0.717, 1.165) is 50.2 Å². The van der Waals surface area contributed by atoms with Gasteiger partial charge in [0.05, 0.1) is 19.6 Å². The molecule has 0 saturated carbocycles. The van der Waals surface area contributed by atoms with Gasteiger partial charge in [-0.15, -0.1) is 0 Å². The first-order valence-corrected chi connectivity index (χ1v) is 9.86. The Hall–Kier alpha value is -2.08. The molecule has 0 bridgehead atoms. The van der Waals surface area contributed by atoms with Crippen LogP contribution in [0.4, 0.5) is 0 Å². The molecule has 4 rings (SSSR count). The zero-order chi connectivity index (χ0) is 18.9. The molecule has 0 N–H and O–H groups in total. The highest BCUT2D eigenvalue weighted by Crippen LogP contribution is 2.42. The molecule has 0 radical (unpaired) electrons. The van der Waals surface area contributed by atoms with Gasteiger partial charge >= 0.3 is 0 Å². The van der Waals surface area contributed by atoms with Crippen LogP contribution in [-0.4, -0.2) is 61.6 Å². The van der Waals surface area contributed by atoms with Crippen molar-refractivity contribution in [2.24, 2.45) is 11.3 Å². The Bertz CT molecular complexity index is 706. The van der Waals surface area contributed by atoms with E-state index < -0.39 is 0 Å². The predicted octanol–water partition coefficient (Wildman–Crippen LogP) is 2.07. The van der Waals surface area contributed by atoms with Crippen molar-refractivity contribution in [3.63, 3.8) is 0 Å². The number of piperidine rings is 1. The fourth-order valence-corrected chi connectivity index (χ4v) is 4.64. The summed E-state index contributed by atoms with van der Waals surface area (Å²) in [5, 5.41) is 0. The normalized spacial score (nSPS) is 24.6. The van der Waals surface area contributed by atoms with E-state index in [1.165, 1.54) is 0 Å². The molecule has 3 saturated heterocycles. The number of carbonyl (C=O) groups excluding carboxylic acids is 2. The van der Waals surface area contributed by atoms with Crippen molar-refractivity contribution in [3.8, 4) is 5.75 Å². The minimum Gasteiger partial charge on any atom is -0.497 e. The monoisotopic (exact) mass is 372 g/mol. The van der Waals surface area contributed by atoms with Crippen LogP contribution in [-0.2, 0) is 20.9 Å². The fourth-order valence-electron chi connectivity index (χ4n) is 4.64. The van der Waals surface area contributed by atoms with Crippen LogP contribution < -0.4 is 4.74 Å². The Morgan fingerprint density at radius 1 is 1.33 bits per heavy atom. The van der Waals surface area contributed by atoms with Crippen LogP contribution in [0.3, 0.4) is 0 Å². The van der Waals surface area contributed by atoms with Gasteiger partial charge in [-0.05, 0) is 37.0 Å². The number of ether oxygens (including phenoxy) is 2. The van der Waals surface area contributed by atoms with Gasteiger partial charge in [0.2, 0.25) is 11.8 Å². The Labute approximate surface area is 160 Å². The predicted molar refractivity (Wildman–Crippen MR) is 100 cm³/mol. The summed E-state index contributed by atoms with van der Waals surface area (Å²) in [6.07, 6.45) is 3.26. The molecule has 0 aliphatic carbocycles. The van der Waals surface area contributed by atoms with E-state index in [0.29, 0.717) is 26.2 Å². The molecule has 27 heavy (non-hydrogen) atoms. The zero-order valence-electron chi connectivity index (χ0n) is 16.0.